The van der Waals surface area contributed by atoms with E-state index in [0.717, 1.165) is 11.4 Å². The molecule has 1 aliphatic heterocycles. The number of rotatable bonds is 1. The molecule has 0 bridgehead atoms. The summed E-state index contributed by atoms with van der Waals surface area (Å²) in [7, 11) is 0. The quantitative estimate of drug-likeness (QED) is 0.572. The lowest BCUT2D eigenvalue weighted by molar-refractivity contribution is -0.113. The van der Waals surface area contributed by atoms with Crippen LogP contribution in [0.1, 0.15) is 13.8 Å². The molecule has 54 valence electrons. The van der Waals surface area contributed by atoms with Gasteiger partial charge in [-0.05, 0) is 13.8 Å². The molecule has 3 heteroatoms. The Morgan fingerprint density at radius 2 is 2.50 bits per heavy atom. The molecular weight excluding hydrogens is 128 g/mol. The van der Waals surface area contributed by atoms with Crippen LogP contribution in [0, 0.1) is 0 Å². The van der Waals surface area contributed by atoms with Gasteiger partial charge in [0.2, 0.25) is 0 Å². The Hall–Kier alpha value is -1.12. The molecule has 0 aliphatic carbocycles. The van der Waals surface area contributed by atoms with Crippen molar-refractivity contribution in [2.24, 2.45) is 4.99 Å². The van der Waals surface area contributed by atoms with Crippen LogP contribution in [-0.4, -0.2) is 18.2 Å². The van der Waals surface area contributed by atoms with Crippen molar-refractivity contribution in [2.75, 3.05) is 6.54 Å². The van der Waals surface area contributed by atoms with Gasteiger partial charge in [0.15, 0.2) is 5.78 Å². The largest absolute Gasteiger partial charge is 0.369 e. The van der Waals surface area contributed by atoms with Gasteiger partial charge >= 0.3 is 0 Å². The van der Waals surface area contributed by atoms with Crippen LogP contribution in [0.3, 0.4) is 0 Å². The average molecular weight is 138 g/mol. The summed E-state index contributed by atoms with van der Waals surface area (Å²) in [5, 5.41) is 2.97. The van der Waals surface area contributed by atoms with Crippen molar-refractivity contribution in [2.45, 2.75) is 13.8 Å². The summed E-state index contributed by atoms with van der Waals surface area (Å²) in [6.07, 6.45) is 1.62. The number of hydrogen-bond donors (Lipinski definition) is 1. The predicted octanol–water partition coefficient (Wildman–Crippen LogP) is 0.481. The van der Waals surface area contributed by atoms with E-state index in [9.17, 15) is 4.79 Å². The second kappa shape index (κ2) is 2.64. The van der Waals surface area contributed by atoms with Gasteiger partial charge in [0.1, 0.15) is 0 Å². The van der Waals surface area contributed by atoms with Crippen molar-refractivity contribution >= 4 is 11.6 Å². The lowest BCUT2D eigenvalue weighted by Crippen LogP contribution is -2.27. The normalized spacial score (nSPS) is 17.0. The fraction of sp³-hybridized carbons (Fsp3) is 0.429. The Kier molecular flexibility index (Phi) is 1.85. The van der Waals surface area contributed by atoms with Crippen molar-refractivity contribution in [3.8, 4) is 0 Å². The van der Waals surface area contributed by atoms with Gasteiger partial charge in [-0.3, -0.25) is 4.79 Å². The zero-order valence-electron chi connectivity index (χ0n) is 6.14. The molecule has 1 N–H and O–H groups in total. The molecule has 1 heterocycles. The molecule has 0 atom stereocenters. The lowest BCUT2D eigenvalue weighted by Gasteiger charge is -2.10. The van der Waals surface area contributed by atoms with Crippen LogP contribution in [0.5, 0.6) is 0 Å². The van der Waals surface area contributed by atoms with E-state index in [1.807, 2.05) is 6.92 Å². The number of Topliss-reactive ketones (excluding diaryl/α,β-unsaturated/α-hetero) is 1. The number of carbonyl (C=O) groups is 1. The summed E-state index contributed by atoms with van der Waals surface area (Å²) in [4.78, 5) is 14.7. The van der Waals surface area contributed by atoms with Crippen molar-refractivity contribution in [1.29, 1.82) is 0 Å². The Labute approximate surface area is 59.8 Å². The minimum Gasteiger partial charge on any atom is -0.369 e. The van der Waals surface area contributed by atoms with Gasteiger partial charge in [-0.1, -0.05) is 0 Å². The first-order chi connectivity index (χ1) is 4.70. The smallest absolute Gasteiger partial charge is 0.159 e. The van der Waals surface area contributed by atoms with E-state index in [2.05, 4.69) is 10.3 Å². The highest BCUT2D eigenvalue weighted by atomic mass is 16.1. The van der Waals surface area contributed by atoms with Crippen molar-refractivity contribution in [3.63, 3.8) is 0 Å². The van der Waals surface area contributed by atoms with E-state index >= 15 is 0 Å². The Morgan fingerprint density at radius 1 is 1.80 bits per heavy atom. The molecular formula is C7H10N2O. The molecule has 0 fully saturated rings. The number of carbonyl (C=O) groups excluding carboxylic acids is 1. The summed E-state index contributed by atoms with van der Waals surface area (Å²) in [6.45, 7) is 4.03. The maximum absolute atomic E-state index is 10.7. The average Bonchev–Trinajstić information content (AvgIpc) is 1.88. The molecule has 0 saturated heterocycles. The van der Waals surface area contributed by atoms with E-state index in [-0.39, 0.29) is 5.78 Å². The van der Waals surface area contributed by atoms with Crippen LogP contribution in [0.25, 0.3) is 0 Å². The zero-order chi connectivity index (χ0) is 7.56. The Morgan fingerprint density at radius 3 is 2.90 bits per heavy atom. The molecule has 10 heavy (non-hydrogen) atoms. The second-order valence-corrected chi connectivity index (χ2v) is 2.28. The highest BCUT2D eigenvalue weighted by molar-refractivity contribution is 5.96. The maximum Gasteiger partial charge on any atom is 0.159 e. The molecule has 0 saturated carbocycles. The minimum atomic E-state index is 0.0868. The molecule has 3 nitrogen and oxygen atoms in total. The first-order valence-corrected chi connectivity index (χ1v) is 3.18. The Bertz CT molecular complexity index is 216. The van der Waals surface area contributed by atoms with Crippen LogP contribution in [0.2, 0.25) is 0 Å². The van der Waals surface area contributed by atoms with E-state index in [4.69, 9.17) is 0 Å². The summed E-state index contributed by atoms with van der Waals surface area (Å²) >= 11 is 0. The van der Waals surface area contributed by atoms with Gasteiger partial charge in [0, 0.05) is 18.3 Å². The molecule has 1 rings (SSSR count). The summed E-state index contributed by atoms with van der Waals surface area (Å²) in [5.74, 6) is 0.953. The standard InChI is InChI=1S/C7H10N2O/c1-5(10)7-3-8-6(2)9-4-7/h3H,4H2,1-2H3,(H,8,9). The zero-order valence-corrected chi connectivity index (χ0v) is 6.14. The number of nitrogens with one attached hydrogen (secondary N) is 1. The highest BCUT2D eigenvalue weighted by Gasteiger charge is 2.06. The van der Waals surface area contributed by atoms with Gasteiger partial charge in [-0.15, -0.1) is 0 Å². The highest BCUT2D eigenvalue weighted by Crippen LogP contribution is 1.99. The molecule has 0 aromatic carbocycles. The summed E-state index contributed by atoms with van der Waals surface area (Å²) < 4.78 is 0. The minimum absolute atomic E-state index is 0.0868. The summed E-state index contributed by atoms with van der Waals surface area (Å²) in [5.41, 5.74) is 0.741. The topological polar surface area (TPSA) is 41.5 Å². The number of amidine groups is 1. The van der Waals surface area contributed by atoms with Gasteiger partial charge in [0.05, 0.1) is 5.84 Å². The lowest BCUT2D eigenvalue weighted by atomic mass is 10.2. The predicted molar refractivity (Wildman–Crippen MR) is 39.9 cm³/mol. The van der Waals surface area contributed by atoms with Crippen LogP contribution in [0.15, 0.2) is 16.8 Å². The Balaban J connectivity index is 2.74. The van der Waals surface area contributed by atoms with Crippen LogP contribution in [-0.2, 0) is 4.79 Å². The number of aliphatic imine (C=N–C) groups is 1. The van der Waals surface area contributed by atoms with Crippen molar-refractivity contribution in [3.05, 3.63) is 11.8 Å². The van der Waals surface area contributed by atoms with Gasteiger partial charge in [0.25, 0.3) is 0 Å². The molecule has 0 aromatic rings. The monoisotopic (exact) mass is 138 g/mol. The molecule has 0 aromatic heterocycles. The van der Waals surface area contributed by atoms with E-state index in [1.54, 1.807) is 13.1 Å². The third-order valence-electron chi connectivity index (χ3n) is 1.40. The van der Waals surface area contributed by atoms with E-state index < -0.39 is 0 Å². The second-order valence-electron chi connectivity index (χ2n) is 2.28. The third-order valence-corrected chi connectivity index (χ3v) is 1.40. The van der Waals surface area contributed by atoms with Gasteiger partial charge < -0.3 is 5.32 Å². The maximum atomic E-state index is 10.7. The molecule has 0 radical (unpaired) electrons. The molecule has 1 aliphatic rings. The van der Waals surface area contributed by atoms with Crippen LogP contribution < -0.4 is 5.32 Å². The number of hydrogen-bond acceptors (Lipinski definition) is 3. The SMILES string of the molecule is CC(=O)C1=CN=C(C)NC1. The third kappa shape index (κ3) is 1.43. The van der Waals surface area contributed by atoms with Crippen molar-refractivity contribution in [1.82, 2.24) is 5.32 Å². The van der Waals surface area contributed by atoms with Crippen LogP contribution >= 0.6 is 0 Å². The molecule has 0 spiro atoms. The number of ketones is 1. The van der Waals surface area contributed by atoms with Crippen molar-refractivity contribution < 1.29 is 4.79 Å². The van der Waals surface area contributed by atoms with E-state index in [0.29, 0.717) is 6.54 Å². The first kappa shape index (κ1) is 6.99. The van der Waals surface area contributed by atoms with Gasteiger partial charge in [-0.25, -0.2) is 4.99 Å². The first-order valence-electron chi connectivity index (χ1n) is 3.18. The summed E-state index contributed by atoms with van der Waals surface area (Å²) in [6, 6.07) is 0. The van der Waals surface area contributed by atoms with Gasteiger partial charge in [-0.2, -0.15) is 0 Å². The van der Waals surface area contributed by atoms with Crippen LogP contribution in [0.4, 0.5) is 0 Å². The fourth-order valence-corrected chi connectivity index (χ4v) is 0.705. The number of nitrogens with zero attached hydrogens (tertiary/aromatic N) is 1. The van der Waals surface area contributed by atoms with E-state index in [1.165, 1.54) is 0 Å². The molecule has 0 unspecified atom stereocenters. The fourth-order valence-electron chi connectivity index (χ4n) is 0.705. The molecule has 0 amide bonds.